The summed E-state index contributed by atoms with van der Waals surface area (Å²) in [6, 6.07) is 1.04. The highest BCUT2D eigenvalue weighted by Gasteiger charge is 2.44. The van der Waals surface area contributed by atoms with E-state index >= 15 is 0 Å². The van der Waals surface area contributed by atoms with Gasteiger partial charge in [0.25, 0.3) is 0 Å². The molecule has 0 fully saturated rings. The van der Waals surface area contributed by atoms with Gasteiger partial charge in [0.15, 0.2) is 0 Å². The van der Waals surface area contributed by atoms with E-state index in [4.69, 9.17) is 8.85 Å². The van der Waals surface area contributed by atoms with E-state index in [1.54, 1.807) is 0 Å². The van der Waals surface area contributed by atoms with Crippen LogP contribution in [-0.2, 0) is 8.85 Å². The number of nitrogens with zero attached hydrogens (tertiary/aromatic N) is 3. The molecule has 0 saturated heterocycles. The maximum Gasteiger partial charge on any atom is 0.335 e. The molecule has 0 amide bonds. The minimum atomic E-state index is -2.22. The second-order valence-electron chi connectivity index (χ2n) is 8.83. The average Bonchev–Trinajstić information content (AvgIpc) is 2.72. The first-order valence-electron chi connectivity index (χ1n) is 12.1. The van der Waals surface area contributed by atoms with Gasteiger partial charge in [-0.15, -0.1) is 0 Å². The lowest BCUT2D eigenvalue weighted by molar-refractivity contribution is 0.0614. The second-order valence-corrected chi connectivity index (χ2v) is 12.3. The fourth-order valence-electron chi connectivity index (χ4n) is 4.65. The molecule has 6 heteroatoms. The molecule has 0 atom stereocenters. The summed E-state index contributed by atoms with van der Waals surface area (Å²) >= 11 is 0. The molecule has 0 bridgehead atoms. The molecule has 0 radical (unpaired) electrons. The van der Waals surface area contributed by atoms with Crippen molar-refractivity contribution in [2.45, 2.75) is 73.4 Å². The molecule has 0 unspecified atom stereocenters. The molecule has 0 aliphatic rings. The molecule has 0 heterocycles. The minimum absolute atomic E-state index is 0.147. The molecule has 0 aromatic carbocycles. The molecule has 5 nitrogen and oxygen atoms in total. The zero-order valence-electron chi connectivity index (χ0n) is 21.4. The van der Waals surface area contributed by atoms with Crippen LogP contribution in [0.1, 0.15) is 60.8 Å². The van der Waals surface area contributed by atoms with Crippen LogP contribution in [-0.4, -0.2) is 96.4 Å². The van der Waals surface area contributed by atoms with Crippen molar-refractivity contribution in [2.75, 3.05) is 73.1 Å². The molecular formula is C23H53N3O2Si. The van der Waals surface area contributed by atoms with Crippen molar-refractivity contribution in [3.05, 3.63) is 0 Å². The molecular weight excluding hydrogens is 378 g/mol. The van der Waals surface area contributed by atoms with Gasteiger partial charge in [0.2, 0.25) is 0 Å². The van der Waals surface area contributed by atoms with Crippen molar-refractivity contribution >= 4 is 8.56 Å². The van der Waals surface area contributed by atoms with Gasteiger partial charge >= 0.3 is 8.56 Å². The lowest BCUT2D eigenvalue weighted by atomic mass is 9.87. The van der Waals surface area contributed by atoms with E-state index in [2.05, 4.69) is 62.8 Å². The molecule has 29 heavy (non-hydrogen) atoms. The summed E-state index contributed by atoms with van der Waals surface area (Å²) in [4.78, 5) is 7.96. The summed E-state index contributed by atoms with van der Waals surface area (Å²) in [5.41, 5.74) is 0.147. The Balaban J connectivity index is 6.09. The Kier molecular flexibility index (Phi) is 15.8. The van der Waals surface area contributed by atoms with Gasteiger partial charge in [-0.25, -0.2) is 0 Å². The van der Waals surface area contributed by atoms with Gasteiger partial charge in [0.05, 0.1) is 0 Å². The largest absolute Gasteiger partial charge is 0.398 e. The van der Waals surface area contributed by atoms with E-state index in [9.17, 15) is 0 Å². The SMILES string of the molecule is CCCN(CC)CC(CN(CC)CCC)(CN(CC)CCC)C[Si](C)(OC)OC. The monoisotopic (exact) mass is 431 g/mol. The highest BCUT2D eigenvalue weighted by molar-refractivity contribution is 6.66. The lowest BCUT2D eigenvalue weighted by Crippen LogP contribution is -2.56. The Morgan fingerprint density at radius 3 is 1.14 bits per heavy atom. The normalized spacial score (nSPS) is 13.2. The van der Waals surface area contributed by atoms with Gasteiger partial charge in [-0.05, 0) is 65.1 Å². The van der Waals surface area contributed by atoms with Gasteiger partial charge in [0.1, 0.15) is 0 Å². The molecule has 0 rings (SSSR count). The minimum Gasteiger partial charge on any atom is -0.398 e. The summed E-state index contributed by atoms with van der Waals surface area (Å²) < 4.78 is 12.1. The van der Waals surface area contributed by atoms with Crippen LogP contribution in [0.5, 0.6) is 0 Å². The molecule has 0 aliphatic heterocycles. The van der Waals surface area contributed by atoms with E-state index in [1.807, 2.05) is 14.2 Å². The van der Waals surface area contributed by atoms with Crippen LogP contribution in [0, 0.1) is 5.41 Å². The quantitative estimate of drug-likeness (QED) is 0.280. The first kappa shape index (κ1) is 29.0. The first-order chi connectivity index (χ1) is 13.8. The Morgan fingerprint density at radius 2 is 0.931 bits per heavy atom. The molecule has 0 aliphatic carbocycles. The number of hydrogen-bond acceptors (Lipinski definition) is 5. The van der Waals surface area contributed by atoms with Crippen LogP contribution in [0.25, 0.3) is 0 Å². The maximum absolute atomic E-state index is 6.03. The fourth-order valence-corrected chi connectivity index (χ4v) is 6.80. The van der Waals surface area contributed by atoms with Crippen LogP contribution in [0.4, 0.5) is 0 Å². The summed E-state index contributed by atoms with van der Waals surface area (Å²) in [6.45, 7) is 26.2. The molecule has 0 N–H and O–H groups in total. The van der Waals surface area contributed by atoms with Crippen LogP contribution in [0.2, 0.25) is 12.6 Å². The van der Waals surface area contributed by atoms with Crippen molar-refractivity contribution in [2.24, 2.45) is 5.41 Å². The molecule has 0 aromatic heterocycles. The van der Waals surface area contributed by atoms with E-state index in [1.165, 1.54) is 19.3 Å². The summed E-state index contributed by atoms with van der Waals surface area (Å²) in [6.07, 6.45) is 3.60. The Bertz CT molecular complexity index is 354. The van der Waals surface area contributed by atoms with Crippen molar-refractivity contribution in [1.29, 1.82) is 0 Å². The number of hydrogen-bond donors (Lipinski definition) is 0. The molecule has 176 valence electrons. The summed E-state index contributed by atoms with van der Waals surface area (Å²) in [7, 11) is 1.47. The topological polar surface area (TPSA) is 28.2 Å². The Labute approximate surface area is 184 Å². The predicted octanol–water partition coefficient (Wildman–Crippen LogP) is 4.53. The van der Waals surface area contributed by atoms with Crippen LogP contribution in [0.15, 0.2) is 0 Å². The predicted molar refractivity (Wildman–Crippen MR) is 130 cm³/mol. The third-order valence-electron chi connectivity index (χ3n) is 6.20. The van der Waals surface area contributed by atoms with Gasteiger partial charge in [0, 0.05) is 45.3 Å². The highest BCUT2D eigenvalue weighted by atomic mass is 28.4. The highest BCUT2D eigenvalue weighted by Crippen LogP contribution is 2.34. The van der Waals surface area contributed by atoms with Crippen LogP contribution >= 0.6 is 0 Å². The lowest BCUT2D eigenvalue weighted by Gasteiger charge is -2.46. The average molecular weight is 432 g/mol. The first-order valence-corrected chi connectivity index (χ1v) is 14.6. The standard InChI is InChI=1S/C23H53N3O2Si/c1-10-16-24(13-4)19-23(20-25(14-5)17-11-2,21-26(15-6)18-12-3)22-29(9,27-7)28-8/h10-22H2,1-9H3. The van der Waals surface area contributed by atoms with Crippen LogP contribution in [0.3, 0.4) is 0 Å². The fraction of sp³-hybridized carbons (Fsp3) is 1.00. The van der Waals surface area contributed by atoms with E-state index in [-0.39, 0.29) is 5.41 Å². The zero-order chi connectivity index (χ0) is 22.3. The van der Waals surface area contributed by atoms with E-state index in [0.717, 1.165) is 64.9 Å². The summed E-state index contributed by atoms with van der Waals surface area (Å²) in [5, 5.41) is 0. The second kappa shape index (κ2) is 15.8. The van der Waals surface area contributed by atoms with Crippen molar-refractivity contribution in [3.8, 4) is 0 Å². The molecule has 0 aromatic rings. The molecule has 0 saturated carbocycles. The van der Waals surface area contributed by atoms with Gasteiger partial charge < -0.3 is 23.6 Å². The molecule has 0 spiro atoms. The van der Waals surface area contributed by atoms with E-state index in [0.29, 0.717) is 0 Å². The van der Waals surface area contributed by atoms with Crippen molar-refractivity contribution < 1.29 is 8.85 Å². The number of rotatable bonds is 19. The Hall–Kier alpha value is 0.0169. The van der Waals surface area contributed by atoms with Crippen molar-refractivity contribution in [1.82, 2.24) is 14.7 Å². The summed E-state index contributed by atoms with van der Waals surface area (Å²) in [5.74, 6) is 0. The smallest absolute Gasteiger partial charge is 0.335 e. The zero-order valence-corrected chi connectivity index (χ0v) is 22.4. The third kappa shape index (κ3) is 10.7. The third-order valence-corrected chi connectivity index (χ3v) is 9.32. The maximum atomic E-state index is 6.03. The van der Waals surface area contributed by atoms with Gasteiger partial charge in [-0.2, -0.15) is 0 Å². The van der Waals surface area contributed by atoms with Gasteiger partial charge in [-0.1, -0.05) is 41.5 Å². The van der Waals surface area contributed by atoms with Crippen molar-refractivity contribution in [3.63, 3.8) is 0 Å². The van der Waals surface area contributed by atoms with E-state index < -0.39 is 8.56 Å². The van der Waals surface area contributed by atoms with Gasteiger partial charge in [-0.3, -0.25) is 0 Å². The van der Waals surface area contributed by atoms with Crippen LogP contribution < -0.4 is 0 Å². The Morgan fingerprint density at radius 1 is 0.621 bits per heavy atom.